The molecule has 0 aliphatic rings. The minimum Gasteiger partial charge on any atom is -0.484 e. The van der Waals surface area contributed by atoms with E-state index < -0.39 is 0 Å². The molecule has 0 spiro atoms. The van der Waals surface area contributed by atoms with Crippen molar-refractivity contribution in [1.82, 2.24) is 9.78 Å². The van der Waals surface area contributed by atoms with E-state index in [2.05, 4.69) is 10.4 Å². The van der Waals surface area contributed by atoms with Gasteiger partial charge in [0.25, 0.3) is 5.91 Å². The van der Waals surface area contributed by atoms with E-state index in [9.17, 15) is 9.18 Å². The normalized spacial score (nSPS) is 10.6. The predicted molar refractivity (Wildman–Crippen MR) is 98.3 cm³/mol. The molecular weight excluding hydrogens is 380 g/mol. The Labute approximate surface area is 159 Å². The maximum atomic E-state index is 13.7. The molecule has 1 aromatic heterocycles. The number of benzene rings is 2. The molecule has 0 saturated heterocycles. The fourth-order valence-corrected chi connectivity index (χ4v) is 2.50. The summed E-state index contributed by atoms with van der Waals surface area (Å²) in [5.41, 5.74) is 0.511. The number of halogens is 3. The van der Waals surface area contributed by atoms with Gasteiger partial charge in [-0.05, 0) is 18.2 Å². The van der Waals surface area contributed by atoms with Gasteiger partial charge in [-0.2, -0.15) is 5.10 Å². The Hall–Kier alpha value is -2.57. The predicted octanol–water partition coefficient (Wildman–Crippen LogP) is 4.39. The average Bonchev–Trinajstić information content (AvgIpc) is 3.05. The Morgan fingerprint density at radius 2 is 1.96 bits per heavy atom. The van der Waals surface area contributed by atoms with Gasteiger partial charge in [0.15, 0.2) is 12.4 Å². The monoisotopic (exact) mass is 393 g/mol. The van der Waals surface area contributed by atoms with Crippen molar-refractivity contribution >= 4 is 34.9 Å². The minimum atomic E-state index is -0.382. The van der Waals surface area contributed by atoms with Crippen molar-refractivity contribution in [3.8, 4) is 5.75 Å². The van der Waals surface area contributed by atoms with Gasteiger partial charge >= 0.3 is 0 Å². The lowest BCUT2D eigenvalue weighted by Crippen LogP contribution is -2.20. The largest absolute Gasteiger partial charge is 0.484 e. The highest BCUT2D eigenvalue weighted by molar-refractivity contribution is 6.42. The molecular formula is C18H14Cl2FN3O2. The number of nitrogens with one attached hydrogen (secondary N) is 1. The average molecular weight is 394 g/mol. The molecule has 1 N–H and O–H groups in total. The number of aromatic nitrogens is 2. The number of rotatable bonds is 6. The molecule has 3 aromatic rings. The van der Waals surface area contributed by atoms with Crippen LogP contribution >= 0.6 is 23.2 Å². The van der Waals surface area contributed by atoms with Crippen LogP contribution in [0.4, 0.5) is 10.2 Å². The first-order valence-corrected chi connectivity index (χ1v) is 8.41. The van der Waals surface area contributed by atoms with Crippen LogP contribution in [0.3, 0.4) is 0 Å². The molecule has 0 atom stereocenters. The Balaban J connectivity index is 1.54. The molecule has 0 fully saturated rings. The Kier molecular flexibility index (Phi) is 5.75. The molecule has 0 aliphatic carbocycles. The number of hydrogen-bond donors (Lipinski definition) is 1. The van der Waals surface area contributed by atoms with Gasteiger partial charge in [0.1, 0.15) is 11.6 Å². The van der Waals surface area contributed by atoms with Crippen LogP contribution in [-0.2, 0) is 11.3 Å². The third-order valence-electron chi connectivity index (χ3n) is 3.46. The van der Waals surface area contributed by atoms with Gasteiger partial charge in [0.2, 0.25) is 0 Å². The minimum absolute atomic E-state index is 0.210. The van der Waals surface area contributed by atoms with Crippen molar-refractivity contribution in [1.29, 1.82) is 0 Å². The molecule has 26 heavy (non-hydrogen) atoms. The smallest absolute Gasteiger partial charge is 0.263 e. The Morgan fingerprint density at radius 1 is 1.15 bits per heavy atom. The van der Waals surface area contributed by atoms with Crippen LogP contribution in [-0.4, -0.2) is 22.3 Å². The number of nitrogens with zero attached hydrogens (tertiary/aromatic N) is 2. The molecule has 0 saturated carbocycles. The summed E-state index contributed by atoms with van der Waals surface area (Å²) in [5.74, 6) is 0.0968. The van der Waals surface area contributed by atoms with Crippen LogP contribution in [0.1, 0.15) is 5.56 Å². The quantitative estimate of drug-likeness (QED) is 0.675. The maximum absolute atomic E-state index is 13.7. The fraction of sp³-hybridized carbons (Fsp3) is 0.111. The van der Waals surface area contributed by atoms with Gasteiger partial charge in [-0.25, -0.2) is 4.39 Å². The topological polar surface area (TPSA) is 56.1 Å². The zero-order valence-electron chi connectivity index (χ0n) is 13.5. The van der Waals surface area contributed by atoms with Gasteiger partial charge in [0.05, 0.1) is 16.6 Å². The number of amides is 1. The lowest BCUT2D eigenvalue weighted by atomic mass is 10.2. The van der Waals surface area contributed by atoms with E-state index in [-0.39, 0.29) is 24.9 Å². The van der Waals surface area contributed by atoms with E-state index in [0.29, 0.717) is 27.2 Å². The highest BCUT2D eigenvalue weighted by atomic mass is 35.5. The number of carbonyl (C=O) groups excluding carboxylic acids is 1. The van der Waals surface area contributed by atoms with Crippen LogP contribution < -0.4 is 10.1 Å². The summed E-state index contributed by atoms with van der Waals surface area (Å²) in [6, 6.07) is 12.8. The van der Waals surface area contributed by atoms with Gasteiger partial charge in [-0.1, -0.05) is 41.4 Å². The summed E-state index contributed by atoms with van der Waals surface area (Å²) in [4.78, 5) is 12.0. The molecule has 2 aromatic carbocycles. The van der Waals surface area contributed by atoms with E-state index >= 15 is 0 Å². The maximum Gasteiger partial charge on any atom is 0.263 e. The summed E-state index contributed by atoms with van der Waals surface area (Å²) in [6.07, 6.45) is 1.65. The molecule has 0 bridgehead atoms. The third-order valence-corrected chi connectivity index (χ3v) is 4.20. The van der Waals surface area contributed by atoms with E-state index in [0.717, 1.165) is 0 Å². The molecule has 1 heterocycles. The zero-order chi connectivity index (χ0) is 18.5. The summed E-state index contributed by atoms with van der Waals surface area (Å²) in [6.45, 7) is 0.0560. The summed E-state index contributed by atoms with van der Waals surface area (Å²) in [5, 5.41) is 7.55. The number of anilines is 1. The fourth-order valence-electron chi connectivity index (χ4n) is 2.21. The molecule has 0 unspecified atom stereocenters. The number of hydrogen-bond acceptors (Lipinski definition) is 3. The van der Waals surface area contributed by atoms with E-state index in [1.807, 2.05) is 0 Å². The molecule has 1 amide bonds. The number of ether oxygens (including phenoxy) is 1. The second-order valence-electron chi connectivity index (χ2n) is 5.40. The zero-order valence-corrected chi connectivity index (χ0v) is 15.0. The molecule has 0 radical (unpaired) electrons. The van der Waals surface area contributed by atoms with Crippen LogP contribution in [0.25, 0.3) is 0 Å². The third kappa shape index (κ3) is 4.74. The van der Waals surface area contributed by atoms with Gasteiger partial charge in [-0.15, -0.1) is 0 Å². The molecule has 5 nitrogen and oxygen atoms in total. The van der Waals surface area contributed by atoms with E-state index in [4.69, 9.17) is 27.9 Å². The van der Waals surface area contributed by atoms with Crippen LogP contribution in [0.2, 0.25) is 10.0 Å². The van der Waals surface area contributed by atoms with Gasteiger partial charge in [-0.3, -0.25) is 9.48 Å². The summed E-state index contributed by atoms with van der Waals surface area (Å²) < 4.78 is 20.6. The Bertz CT molecular complexity index is 930. The van der Waals surface area contributed by atoms with Crippen molar-refractivity contribution in [3.05, 3.63) is 76.2 Å². The van der Waals surface area contributed by atoms with Crippen LogP contribution in [0.5, 0.6) is 5.75 Å². The lowest BCUT2D eigenvalue weighted by molar-refractivity contribution is -0.118. The van der Waals surface area contributed by atoms with Crippen LogP contribution in [0.15, 0.2) is 54.7 Å². The highest BCUT2D eigenvalue weighted by Crippen LogP contribution is 2.26. The van der Waals surface area contributed by atoms with Crippen molar-refractivity contribution in [2.45, 2.75) is 6.54 Å². The molecule has 0 aliphatic heterocycles. The first-order chi connectivity index (χ1) is 12.5. The summed E-state index contributed by atoms with van der Waals surface area (Å²) >= 11 is 11.7. The second-order valence-corrected chi connectivity index (χ2v) is 6.22. The summed E-state index contributed by atoms with van der Waals surface area (Å²) in [7, 11) is 0. The standard InChI is InChI=1S/C18H14Cl2FN3O2/c19-14-6-5-13(9-15(14)20)26-11-18(25)22-17-7-8-24(23-17)10-12-3-1-2-4-16(12)21/h1-9H,10-11H2,(H,22,23,25). The Morgan fingerprint density at radius 3 is 2.73 bits per heavy atom. The molecule has 134 valence electrons. The van der Waals surface area contributed by atoms with Crippen molar-refractivity contribution in [2.75, 3.05) is 11.9 Å². The van der Waals surface area contributed by atoms with Gasteiger partial charge < -0.3 is 10.1 Å². The van der Waals surface area contributed by atoms with Gasteiger partial charge in [0, 0.05) is 23.9 Å². The van der Waals surface area contributed by atoms with E-state index in [1.54, 1.807) is 42.6 Å². The molecule has 8 heteroatoms. The SMILES string of the molecule is O=C(COc1ccc(Cl)c(Cl)c1)Nc1ccn(Cc2ccccc2F)n1. The first-order valence-electron chi connectivity index (χ1n) is 7.66. The van der Waals surface area contributed by atoms with E-state index in [1.165, 1.54) is 16.8 Å². The lowest BCUT2D eigenvalue weighted by Gasteiger charge is -2.07. The van der Waals surface area contributed by atoms with Crippen molar-refractivity contribution in [2.24, 2.45) is 0 Å². The number of carbonyl (C=O) groups is 1. The highest BCUT2D eigenvalue weighted by Gasteiger charge is 2.08. The molecule has 3 rings (SSSR count). The van der Waals surface area contributed by atoms with Crippen molar-refractivity contribution < 1.29 is 13.9 Å². The first kappa shape index (κ1) is 18.2. The van der Waals surface area contributed by atoms with Crippen LogP contribution in [0, 0.1) is 5.82 Å². The second kappa shape index (κ2) is 8.21. The van der Waals surface area contributed by atoms with Crippen molar-refractivity contribution in [3.63, 3.8) is 0 Å².